The highest BCUT2D eigenvalue weighted by atomic mass is 19.4. The number of aryl methyl sites for hydroxylation is 1. The zero-order valence-corrected chi connectivity index (χ0v) is 26.1. The van der Waals surface area contributed by atoms with Crippen LogP contribution in [-0.4, -0.2) is 58.1 Å². The normalized spacial score (nSPS) is 14.2. The van der Waals surface area contributed by atoms with Crippen LogP contribution in [0.4, 0.5) is 23.7 Å². The van der Waals surface area contributed by atoms with Crippen LogP contribution in [0, 0.1) is 0 Å². The maximum Gasteiger partial charge on any atom is 0.416 e. The summed E-state index contributed by atoms with van der Waals surface area (Å²) >= 11 is 0. The van der Waals surface area contributed by atoms with Crippen LogP contribution in [0.2, 0.25) is 0 Å². The zero-order chi connectivity index (χ0) is 32.7. The molecule has 47 heavy (non-hydrogen) atoms. The fraction of sp³-hybridized carbons (Fsp3) is 0.263. The van der Waals surface area contributed by atoms with Gasteiger partial charge < -0.3 is 14.8 Å². The Balaban J connectivity index is 1.05. The van der Waals surface area contributed by atoms with Gasteiger partial charge in [-0.05, 0) is 66.8 Å². The number of hydrogen-bond donors (Lipinski definition) is 1. The molecule has 1 aliphatic rings. The smallest absolute Gasteiger partial charge is 0.322 e. The number of rotatable bonds is 10. The van der Waals surface area contributed by atoms with Crippen molar-refractivity contribution in [2.45, 2.75) is 31.0 Å². The number of aromatic nitrogens is 2. The summed E-state index contributed by atoms with van der Waals surface area (Å²) in [6.07, 6.45) is 2.58. The predicted molar refractivity (Wildman–Crippen MR) is 178 cm³/mol. The summed E-state index contributed by atoms with van der Waals surface area (Å²) in [6, 6.07) is 35.9. The topological polar surface area (TPSA) is 53.4 Å². The van der Waals surface area contributed by atoms with Gasteiger partial charge >= 0.3 is 12.2 Å². The minimum atomic E-state index is -4.40. The molecule has 0 atom stereocenters. The summed E-state index contributed by atoms with van der Waals surface area (Å²) in [4.78, 5) is 21.6. The van der Waals surface area contributed by atoms with E-state index in [0.717, 1.165) is 73.4 Å². The average Bonchev–Trinajstić information content (AvgIpc) is 3.58. The van der Waals surface area contributed by atoms with Gasteiger partial charge in [0.25, 0.3) is 0 Å². The van der Waals surface area contributed by atoms with E-state index in [9.17, 15) is 18.0 Å². The molecule has 0 unspecified atom stereocenters. The highest BCUT2D eigenvalue weighted by Gasteiger charge is 2.38. The van der Waals surface area contributed by atoms with Crippen molar-refractivity contribution in [2.75, 3.05) is 38.0 Å². The molecule has 1 aliphatic heterocycles. The van der Waals surface area contributed by atoms with Crippen LogP contribution in [0.25, 0.3) is 0 Å². The predicted octanol–water partition coefficient (Wildman–Crippen LogP) is 7.91. The number of nitrogens with zero attached hydrogens (tertiary/aromatic N) is 4. The van der Waals surface area contributed by atoms with E-state index in [1.165, 1.54) is 12.1 Å². The SMILES string of the molecule is O=C(Nc1ccc(C(F)(F)F)cc1)N1CCN(CCCCc2cn(C(c3ccccc3)(c3ccccc3)c3ccccc3)cn2)CC1. The molecule has 5 aromatic rings. The fourth-order valence-electron chi connectivity index (χ4n) is 6.42. The van der Waals surface area contributed by atoms with E-state index in [0.29, 0.717) is 18.8 Å². The summed E-state index contributed by atoms with van der Waals surface area (Å²) in [5.41, 5.74) is 3.56. The average molecular weight is 638 g/mol. The number of nitrogens with one attached hydrogen (secondary N) is 1. The van der Waals surface area contributed by atoms with Crippen LogP contribution < -0.4 is 5.32 Å². The van der Waals surface area contributed by atoms with Crippen molar-refractivity contribution < 1.29 is 18.0 Å². The molecule has 9 heteroatoms. The number of carbonyl (C=O) groups excluding carboxylic acids is 1. The van der Waals surface area contributed by atoms with Gasteiger partial charge in [-0.2, -0.15) is 13.2 Å². The molecule has 0 spiro atoms. The lowest BCUT2D eigenvalue weighted by atomic mass is 9.77. The highest BCUT2D eigenvalue weighted by molar-refractivity contribution is 5.89. The number of carbonyl (C=O) groups is 1. The minimum Gasteiger partial charge on any atom is -0.322 e. The lowest BCUT2D eigenvalue weighted by Gasteiger charge is -2.37. The number of urea groups is 1. The molecule has 0 radical (unpaired) electrons. The Morgan fingerprint density at radius 1 is 0.681 bits per heavy atom. The van der Waals surface area contributed by atoms with Gasteiger partial charge in [0.05, 0.1) is 17.6 Å². The molecule has 0 aliphatic carbocycles. The zero-order valence-electron chi connectivity index (χ0n) is 26.1. The molecule has 1 aromatic heterocycles. The Labute approximate surface area is 273 Å². The van der Waals surface area contributed by atoms with Crippen LogP contribution in [-0.2, 0) is 18.1 Å². The standard InChI is InChI=1S/C38H38F3N5O/c39-38(40,41)33-19-21-34(22-20-33)43-36(47)45-26-24-44(25-27-45)23-11-10-18-35-28-46(29-42-35)37(30-12-4-1-5-13-30,31-14-6-2-7-15-31)32-16-8-3-9-17-32/h1-9,12-17,19-22,28-29H,10-11,18,23-27H2,(H,43,47). The Morgan fingerprint density at radius 3 is 1.72 bits per heavy atom. The van der Waals surface area contributed by atoms with Crippen molar-refractivity contribution >= 4 is 11.7 Å². The largest absolute Gasteiger partial charge is 0.416 e. The van der Waals surface area contributed by atoms with E-state index >= 15 is 0 Å². The Bertz CT molecular complexity index is 1620. The molecule has 1 saturated heterocycles. The quantitative estimate of drug-likeness (QED) is 0.125. The Morgan fingerprint density at radius 2 is 1.21 bits per heavy atom. The third kappa shape index (κ3) is 7.25. The second-order valence-electron chi connectivity index (χ2n) is 11.9. The number of anilines is 1. The number of unbranched alkanes of at least 4 members (excludes halogenated alkanes) is 1. The van der Waals surface area contributed by atoms with Crippen molar-refractivity contribution in [2.24, 2.45) is 0 Å². The summed E-state index contributed by atoms with van der Waals surface area (Å²) in [5.74, 6) is 0. The number of imidazole rings is 1. The molecule has 1 N–H and O–H groups in total. The number of hydrogen-bond acceptors (Lipinski definition) is 3. The maximum absolute atomic E-state index is 12.8. The van der Waals surface area contributed by atoms with Crippen LogP contribution in [0.1, 0.15) is 40.8 Å². The molecule has 2 amide bonds. The molecule has 0 bridgehead atoms. The molecular weight excluding hydrogens is 599 g/mol. The highest BCUT2D eigenvalue weighted by Crippen LogP contribution is 2.40. The minimum absolute atomic E-state index is 0.294. The van der Waals surface area contributed by atoms with E-state index in [4.69, 9.17) is 4.98 Å². The van der Waals surface area contributed by atoms with Gasteiger partial charge in [-0.1, -0.05) is 91.0 Å². The third-order valence-corrected chi connectivity index (χ3v) is 8.88. The van der Waals surface area contributed by atoms with Crippen molar-refractivity contribution in [1.82, 2.24) is 19.4 Å². The molecule has 6 rings (SSSR count). The van der Waals surface area contributed by atoms with Gasteiger partial charge in [-0.3, -0.25) is 4.90 Å². The molecular formula is C38H38F3N5O. The van der Waals surface area contributed by atoms with E-state index in [2.05, 4.69) is 93.8 Å². The maximum atomic E-state index is 12.8. The van der Waals surface area contributed by atoms with Crippen LogP contribution in [0.5, 0.6) is 0 Å². The number of piperazine rings is 1. The fourth-order valence-corrected chi connectivity index (χ4v) is 6.42. The first-order chi connectivity index (χ1) is 22.8. The summed E-state index contributed by atoms with van der Waals surface area (Å²) in [6.45, 7) is 3.57. The Hall–Kier alpha value is -4.89. The van der Waals surface area contributed by atoms with E-state index < -0.39 is 17.3 Å². The first-order valence-corrected chi connectivity index (χ1v) is 16.0. The first-order valence-electron chi connectivity index (χ1n) is 16.0. The summed E-state index contributed by atoms with van der Waals surface area (Å²) in [5, 5.41) is 2.71. The van der Waals surface area contributed by atoms with Crippen molar-refractivity contribution in [3.63, 3.8) is 0 Å². The second kappa shape index (κ2) is 14.3. The van der Waals surface area contributed by atoms with Gasteiger partial charge in [-0.25, -0.2) is 9.78 Å². The van der Waals surface area contributed by atoms with Gasteiger partial charge in [0.15, 0.2) is 0 Å². The monoisotopic (exact) mass is 637 g/mol. The van der Waals surface area contributed by atoms with Crippen molar-refractivity contribution in [3.05, 3.63) is 156 Å². The number of benzene rings is 4. The summed E-state index contributed by atoms with van der Waals surface area (Å²) < 4.78 is 40.7. The first kappa shape index (κ1) is 32.1. The number of alkyl halides is 3. The molecule has 1 fully saturated rings. The molecule has 0 saturated carbocycles. The van der Waals surface area contributed by atoms with Crippen LogP contribution in [0.15, 0.2) is 128 Å². The van der Waals surface area contributed by atoms with Crippen molar-refractivity contribution in [3.8, 4) is 0 Å². The van der Waals surface area contributed by atoms with Gasteiger partial charge in [0.2, 0.25) is 0 Å². The van der Waals surface area contributed by atoms with Crippen molar-refractivity contribution in [1.29, 1.82) is 0 Å². The molecule has 4 aromatic carbocycles. The van der Waals surface area contributed by atoms with Gasteiger partial charge in [0.1, 0.15) is 5.54 Å². The molecule has 6 nitrogen and oxygen atoms in total. The van der Waals surface area contributed by atoms with Crippen LogP contribution in [0.3, 0.4) is 0 Å². The van der Waals surface area contributed by atoms with E-state index in [-0.39, 0.29) is 6.03 Å². The summed E-state index contributed by atoms with van der Waals surface area (Å²) in [7, 11) is 0. The third-order valence-electron chi connectivity index (χ3n) is 8.88. The number of amides is 2. The van der Waals surface area contributed by atoms with Gasteiger partial charge in [-0.15, -0.1) is 0 Å². The lowest BCUT2D eigenvalue weighted by Crippen LogP contribution is -2.50. The van der Waals surface area contributed by atoms with E-state index in [1.807, 2.05) is 24.5 Å². The molecule has 2 heterocycles. The van der Waals surface area contributed by atoms with Gasteiger partial charge in [0, 0.05) is 38.1 Å². The lowest BCUT2D eigenvalue weighted by molar-refractivity contribution is -0.137. The number of halogens is 3. The second-order valence-corrected chi connectivity index (χ2v) is 11.9. The molecule has 242 valence electrons. The van der Waals surface area contributed by atoms with Crippen LogP contribution >= 0.6 is 0 Å². The Kier molecular flexibility index (Phi) is 9.73. The van der Waals surface area contributed by atoms with E-state index in [1.54, 1.807) is 4.90 Å².